The Kier molecular flexibility index (Phi) is 53.9. The van der Waals surface area contributed by atoms with Crippen LogP contribution in [0.15, 0.2) is 0 Å². The van der Waals surface area contributed by atoms with E-state index in [1.165, 1.54) is 0 Å². The third-order valence-corrected chi connectivity index (χ3v) is 0. The molecule has 0 aliphatic rings. The summed E-state index contributed by atoms with van der Waals surface area (Å²) < 4.78 is 16.8. The molecule has 0 unspecified atom stereocenters. The van der Waals surface area contributed by atoms with Crippen molar-refractivity contribution in [2.24, 2.45) is 0 Å². The summed E-state index contributed by atoms with van der Waals surface area (Å²) in [6.45, 7) is 0. The molecule has 0 bridgehead atoms. The molecule has 0 aliphatic heterocycles. The van der Waals surface area contributed by atoms with Crippen molar-refractivity contribution in [1.29, 1.82) is 0 Å². The molecule has 0 N–H and O–H groups in total. The van der Waals surface area contributed by atoms with Crippen LogP contribution in [0.2, 0.25) is 0 Å². The summed E-state index contributed by atoms with van der Waals surface area (Å²) in [6, 6.07) is 0. The Morgan fingerprint density at radius 3 is 1.00 bits per heavy atom. The van der Waals surface area contributed by atoms with E-state index in [-0.39, 0.29) is 59.1 Å². The van der Waals surface area contributed by atoms with E-state index in [1.807, 2.05) is 0 Å². The fourth-order valence-electron chi connectivity index (χ4n) is 0. The molecule has 0 amide bonds. The molecule has 0 fully saturated rings. The third kappa shape index (κ3) is 25.7. The van der Waals surface area contributed by atoms with Gasteiger partial charge in [0, 0.05) is 59.1 Å². The second kappa shape index (κ2) is 17.0. The molecule has 0 spiro atoms. The van der Waals surface area contributed by atoms with Gasteiger partial charge in [-0.3, -0.25) is 8.92 Å². The van der Waals surface area contributed by atoms with Crippen LogP contribution in [0, 0.1) is 0 Å². The van der Waals surface area contributed by atoms with E-state index >= 15 is 0 Å². The first-order valence-electron chi connectivity index (χ1n) is 0.408. The van der Waals surface area contributed by atoms with Crippen molar-refractivity contribution in [3.8, 4) is 0 Å². The molecule has 0 saturated carbocycles. The van der Waals surface area contributed by atoms with Gasteiger partial charge >= 0.3 is 9.29 Å². The van der Waals surface area contributed by atoms with Crippen molar-refractivity contribution >= 4 is 68.4 Å². The Balaban J connectivity index is -0.0000000200. The molecule has 0 aromatic heterocycles. The molecule has 5 heavy (non-hydrogen) atoms. The molecule has 0 aliphatic carbocycles. The van der Waals surface area contributed by atoms with E-state index in [1.54, 1.807) is 0 Å². The van der Waals surface area contributed by atoms with E-state index in [9.17, 15) is 0 Å². The summed E-state index contributed by atoms with van der Waals surface area (Å²) in [5.74, 6) is 0. The fourth-order valence-corrected chi connectivity index (χ4v) is 0. The predicted molar refractivity (Wildman–Crippen MR) is 18.6 cm³/mol. The molecule has 0 heterocycles. The molecule has 0 atom stereocenters. The number of rotatable bonds is 0. The van der Waals surface area contributed by atoms with Gasteiger partial charge < -0.3 is 0 Å². The van der Waals surface area contributed by atoms with Crippen LogP contribution in [0.25, 0.3) is 0 Å². The second-order valence-corrected chi connectivity index (χ2v) is 0.250. The average molecular weight is 106 g/mol. The van der Waals surface area contributed by atoms with Crippen molar-refractivity contribution in [2.75, 3.05) is 0 Å². The Morgan fingerprint density at radius 1 is 1.00 bits per heavy atom. The first-order valence-corrected chi connectivity index (χ1v) is 1.22. The van der Waals surface area contributed by atoms with Crippen LogP contribution < -0.4 is 0 Å². The Hall–Kier alpha value is 1.82. The molecule has 5 heteroatoms. The van der Waals surface area contributed by atoms with Gasteiger partial charge in [0.25, 0.3) is 0 Å². The summed E-state index contributed by atoms with van der Waals surface area (Å²) in [4.78, 5) is 0. The zero-order chi connectivity index (χ0) is 2.71. The maximum atomic E-state index is 8.40. The second-order valence-electron chi connectivity index (χ2n) is 0.0833. The van der Waals surface area contributed by atoms with E-state index in [0.717, 1.165) is 0 Å². The van der Waals surface area contributed by atoms with Gasteiger partial charge in [0.1, 0.15) is 0 Å². The van der Waals surface area contributed by atoms with Crippen molar-refractivity contribution in [3.05, 3.63) is 0 Å². The molecular weight excluding hydrogens is 106 g/mol. The summed E-state index contributed by atoms with van der Waals surface area (Å²) >= 11 is 0. The average Bonchev–Trinajstić information content (AvgIpc) is 0.918. The van der Waals surface area contributed by atoms with Gasteiger partial charge in [0.05, 0.1) is 0 Å². The van der Waals surface area contributed by atoms with Crippen molar-refractivity contribution < 1.29 is 8.92 Å². The van der Waals surface area contributed by atoms with Crippen molar-refractivity contribution in [2.45, 2.75) is 0 Å². The SMILES string of the molecule is O=[Si]=O.[Na].[Na]. The molecule has 0 rings (SSSR count). The van der Waals surface area contributed by atoms with Gasteiger partial charge in [-0.1, -0.05) is 0 Å². The van der Waals surface area contributed by atoms with Crippen LogP contribution in [-0.4, -0.2) is 68.4 Å². The molecule has 0 saturated heterocycles. The summed E-state index contributed by atoms with van der Waals surface area (Å²) in [5.41, 5.74) is 0. The first-order chi connectivity index (χ1) is 1.41. The minimum absolute atomic E-state index is 0. The van der Waals surface area contributed by atoms with Crippen LogP contribution in [0.3, 0.4) is 0 Å². The van der Waals surface area contributed by atoms with Crippen LogP contribution in [-0.2, 0) is 8.92 Å². The van der Waals surface area contributed by atoms with Crippen LogP contribution in [0.1, 0.15) is 0 Å². The maximum absolute atomic E-state index is 8.40. The molecule has 0 aromatic carbocycles. The van der Waals surface area contributed by atoms with Crippen molar-refractivity contribution in [1.82, 2.24) is 0 Å². The summed E-state index contributed by atoms with van der Waals surface area (Å²) in [5, 5.41) is 0. The molecule has 18 valence electrons. The van der Waals surface area contributed by atoms with E-state index in [2.05, 4.69) is 0 Å². The Morgan fingerprint density at radius 2 is 1.00 bits per heavy atom. The largest absolute Gasteiger partial charge is 0.549 e. The number of hydrogen-bond acceptors (Lipinski definition) is 2. The third-order valence-electron chi connectivity index (χ3n) is 0. The quantitative estimate of drug-likeness (QED) is 0.357. The Labute approximate surface area is 76.2 Å². The molecule has 0 aromatic rings. The molecular formula is Na2O2Si. The standard InChI is InChI=1S/2Na.O2Si/c;;1-3-2. The maximum Gasteiger partial charge on any atom is 0.549 e. The van der Waals surface area contributed by atoms with Gasteiger partial charge in [-0.25, -0.2) is 0 Å². The fraction of sp³-hybridized carbons (Fsp3) is 0. The van der Waals surface area contributed by atoms with Gasteiger partial charge in [0.2, 0.25) is 0 Å². The molecule has 2 radical (unpaired) electrons. The smallest absolute Gasteiger partial charge is 0.274 e. The normalized spacial score (nSPS) is 1.60. The van der Waals surface area contributed by atoms with Crippen LogP contribution in [0.4, 0.5) is 0 Å². The first kappa shape index (κ1) is 15.8. The van der Waals surface area contributed by atoms with Crippen LogP contribution >= 0.6 is 0 Å². The van der Waals surface area contributed by atoms with Gasteiger partial charge in [-0.05, 0) is 0 Å². The van der Waals surface area contributed by atoms with Crippen LogP contribution in [0.5, 0.6) is 0 Å². The van der Waals surface area contributed by atoms with Gasteiger partial charge in [-0.15, -0.1) is 0 Å². The summed E-state index contributed by atoms with van der Waals surface area (Å²) in [7, 11) is -1.42. The van der Waals surface area contributed by atoms with Crippen molar-refractivity contribution in [3.63, 3.8) is 0 Å². The molecule has 2 nitrogen and oxygen atoms in total. The Bertz CT molecular complexity index is 28.6. The monoisotopic (exact) mass is 106 g/mol. The van der Waals surface area contributed by atoms with E-state index in [4.69, 9.17) is 8.92 Å². The zero-order valence-electron chi connectivity index (χ0n) is 3.32. The van der Waals surface area contributed by atoms with Gasteiger partial charge in [0.15, 0.2) is 0 Å². The minimum Gasteiger partial charge on any atom is -0.274 e. The predicted octanol–water partition coefficient (Wildman–Crippen LogP) is -1.38. The topological polar surface area (TPSA) is 34.1 Å². The van der Waals surface area contributed by atoms with E-state index < -0.39 is 9.29 Å². The zero-order valence-corrected chi connectivity index (χ0v) is 8.32. The minimum atomic E-state index is -1.42. The summed E-state index contributed by atoms with van der Waals surface area (Å²) in [6.07, 6.45) is 0. The van der Waals surface area contributed by atoms with E-state index in [0.29, 0.717) is 0 Å². The van der Waals surface area contributed by atoms with Gasteiger partial charge in [-0.2, -0.15) is 0 Å². The number of hydrogen-bond donors (Lipinski definition) is 0.